The number of ketones is 1. The third-order valence-electron chi connectivity index (χ3n) is 3.53. The van der Waals surface area contributed by atoms with Crippen LogP contribution in [0.4, 0.5) is 0 Å². The zero-order valence-corrected chi connectivity index (χ0v) is 16.7. The van der Waals surface area contributed by atoms with E-state index in [0.29, 0.717) is 18.1 Å². The Balaban J connectivity index is 2.06. The van der Waals surface area contributed by atoms with Crippen LogP contribution in [0.2, 0.25) is 0 Å². The molecule has 0 spiro atoms. The molecule has 2 rings (SSSR count). The summed E-state index contributed by atoms with van der Waals surface area (Å²) in [6.45, 7) is 0.474. The number of carbonyl (C=O) groups excluding carboxylic acids is 1. The lowest BCUT2D eigenvalue weighted by Crippen LogP contribution is -1.97. The second-order valence-electron chi connectivity index (χ2n) is 5.29. The van der Waals surface area contributed by atoms with Gasteiger partial charge in [0.25, 0.3) is 0 Å². The number of rotatable bonds is 9. The average molecular weight is 387 g/mol. The van der Waals surface area contributed by atoms with Crippen molar-refractivity contribution in [2.24, 2.45) is 0 Å². The van der Waals surface area contributed by atoms with Crippen molar-refractivity contribution in [2.45, 2.75) is 6.61 Å². The van der Waals surface area contributed by atoms with Crippen LogP contribution in [0.3, 0.4) is 0 Å². The van der Waals surface area contributed by atoms with E-state index in [-0.39, 0.29) is 5.78 Å². The fourth-order valence-corrected chi connectivity index (χ4v) is 3.32. The molecule has 0 unspecified atom stereocenters. The fourth-order valence-electron chi connectivity index (χ4n) is 2.19. The van der Waals surface area contributed by atoms with Gasteiger partial charge in [0.05, 0.1) is 7.11 Å². The minimum atomic E-state index is -0.0351. The molecule has 0 aliphatic carbocycles. The molecule has 0 aliphatic rings. The summed E-state index contributed by atoms with van der Waals surface area (Å²) in [5.41, 5.74) is 1.97. The Morgan fingerprint density at radius 2 is 1.77 bits per heavy atom. The van der Waals surface area contributed by atoms with Crippen molar-refractivity contribution in [1.29, 1.82) is 0 Å². The molecule has 5 heteroatoms. The maximum absolute atomic E-state index is 12.0. The van der Waals surface area contributed by atoms with Crippen molar-refractivity contribution in [3.05, 3.63) is 76.0 Å². The van der Waals surface area contributed by atoms with E-state index >= 15 is 0 Å². The van der Waals surface area contributed by atoms with Crippen LogP contribution in [-0.4, -0.2) is 25.4 Å². The molecule has 0 aromatic heterocycles. The Morgan fingerprint density at radius 1 is 1.04 bits per heavy atom. The summed E-state index contributed by atoms with van der Waals surface area (Å²) in [6, 6.07) is 15.6. The van der Waals surface area contributed by atoms with Crippen LogP contribution >= 0.6 is 23.5 Å². The summed E-state index contributed by atoms with van der Waals surface area (Å²) in [4.78, 5) is 12.0. The molecule has 0 amide bonds. The lowest BCUT2D eigenvalue weighted by Gasteiger charge is -2.11. The SMILES string of the molecule is COc1cc(/C=C/C(=O)C=C(SC)SC)ccc1OCc1ccccc1. The van der Waals surface area contributed by atoms with E-state index < -0.39 is 0 Å². The average Bonchev–Trinajstić information content (AvgIpc) is 2.69. The molecule has 3 nitrogen and oxygen atoms in total. The summed E-state index contributed by atoms with van der Waals surface area (Å²) in [5.74, 6) is 1.28. The molecule has 2 aromatic rings. The Labute approximate surface area is 163 Å². The van der Waals surface area contributed by atoms with Crippen LogP contribution in [0, 0.1) is 0 Å². The lowest BCUT2D eigenvalue weighted by atomic mass is 10.1. The second-order valence-corrected chi connectivity index (χ2v) is 7.25. The molecular weight excluding hydrogens is 364 g/mol. The number of hydrogen-bond donors (Lipinski definition) is 0. The molecule has 2 aromatic carbocycles. The van der Waals surface area contributed by atoms with Crippen molar-refractivity contribution in [3.63, 3.8) is 0 Å². The number of thioether (sulfide) groups is 2. The van der Waals surface area contributed by atoms with Gasteiger partial charge in [0, 0.05) is 10.3 Å². The molecule has 0 radical (unpaired) electrons. The lowest BCUT2D eigenvalue weighted by molar-refractivity contribution is -0.110. The van der Waals surface area contributed by atoms with E-state index in [9.17, 15) is 4.79 Å². The summed E-state index contributed by atoms with van der Waals surface area (Å²) in [7, 11) is 1.61. The monoisotopic (exact) mass is 386 g/mol. The van der Waals surface area contributed by atoms with Gasteiger partial charge in [-0.3, -0.25) is 4.79 Å². The minimum absolute atomic E-state index is 0.0351. The zero-order valence-electron chi connectivity index (χ0n) is 15.1. The Bertz CT molecular complexity index is 777. The van der Waals surface area contributed by atoms with E-state index in [0.717, 1.165) is 15.4 Å². The number of carbonyl (C=O) groups is 1. The Hall–Kier alpha value is -2.11. The van der Waals surface area contributed by atoms with Crippen LogP contribution < -0.4 is 9.47 Å². The predicted molar refractivity (Wildman–Crippen MR) is 113 cm³/mol. The van der Waals surface area contributed by atoms with Crippen molar-refractivity contribution in [3.8, 4) is 11.5 Å². The molecule has 0 atom stereocenters. The first-order valence-corrected chi connectivity index (χ1v) is 10.5. The smallest absolute Gasteiger partial charge is 0.180 e. The standard InChI is InChI=1S/C21H22O3S2/c1-23-20-13-16(9-11-18(22)14-21(25-2)26-3)10-12-19(20)24-15-17-7-5-4-6-8-17/h4-14H,15H2,1-3H3/b11-9+. The first kappa shape index (κ1) is 20.2. The van der Waals surface area contributed by atoms with Crippen LogP contribution in [0.1, 0.15) is 11.1 Å². The number of methoxy groups -OCH3 is 1. The molecule has 0 fully saturated rings. The van der Waals surface area contributed by atoms with Gasteiger partial charge >= 0.3 is 0 Å². The van der Waals surface area contributed by atoms with Gasteiger partial charge in [-0.2, -0.15) is 0 Å². The van der Waals surface area contributed by atoms with Gasteiger partial charge < -0.3 is 9.47 Å². The second kappa shape index (κ2) is 10.8. The summed E-state index contributed by atoms with van der Waals surface area (Å²) in [5, 5.41) is 0. The molecule has 0 saturated heterocycles. The van der Waals surface area contributed by atoms with E-state index in [1.165, 1.54) is 0 Å². The van der Waals surface area contributed by atoms with E-state index in [4.69, 9.17) is 9.47 Å². The minimum Gasteiger partial charge on any atom is -0.493 e. The van der Waals surface area contributed by atoms with Crippen molar-refractivity contribution >= 4 is 35.4 Å². The van der Waals surface area contributed by atoms with Crippen molar-refractivity contribution in [1.82, 2.24) is 0 Å². The van der Waals surface area contributed by atoms with Gasteiger partial charge in [-0.25, -0.2) is 0 Å². The van der Waals surface area contributed by atoms with Crippen LogP contribution in [0.15, 0.2) is 64.9 Å². The molecule has 26 heavy (non-hydrogen) atoms. The number of allylic oxidation sites excluding steroid dienone is 2. The highest BCUT2D eigenvalue weighted by atomic mass is 32.2. The third-order valence-corrected chi connectivity index (χ3v) is 5.57. The highest BCUT2D eigenvalue weighted by molar-refractivity contribution is 8.21. The largest absolute Gasteiger partial charge is 0.493 e. The number of ether oxygens (including phenoxy) is 2. The maximum atomic E-state index is 12.0. The Morgan fingerprint density at radius 3 is 2.42 bits per heavy atom. The molecule has 0 aliphatic heterocycles. The van der Waals surface area contributed by atoms with Gasteiger partial charge in [-0.15, -0.1) is 23.5 Å². The van der Waals surface area contributed by atoms with Crippen LogP contribution in [-0.2, 0) is 11.4 Å². The molecule has 0 saturated carbocycles. The van der Waals surface area contributed by atoms with Crippen molar-refractivity contribution in [2.75, 3.05) is 19.6 Å². The molecule has 0 bridgehead atoms. The van der Waals surface area contributed by atoms with E-state index in [2.05, 4.69) is 0 Å². The highest BCUT2D eigenvalue weighted by Gasteiger charge is 2.05. The summed E-state index contributed by atoms with van der Waals surface area (Å²) >= 11 is 3.13. The van der Waals surface area contributed by atoms with Gasteiger partial charge in [0.1, 0.15) is 6.61 Å². The van der Waals surface area contributed by atoms with Crippen LogP contribution in [0.25, 0.3) is 6.08 Å². The maximum Gasteiger partial charge on any atom is 0.180 e. The molecular formula is C21H22O3S2. The van der Waals surface area contributed by atoms with Gasteiger partial charge in [0.2, 0.25) is 0 Å². The molecule has 136 valence electrons. The van der Waals surface area contributed by atoms with Crippen molar-refractivity contribution < 1.29 is 14.3 Å². The van der Waals surface area contributed by atoms with Gasteiger partial charge in [-0.05, 0) is 41.8 Å². The number of benzene rings is 2. The highest BCUT2D eigenvalue weighted by Crippen LogP contribution is 2.29. The topological polar surface area (TPSA) is 35.5 Å². The number of hydrogen-bond acceptors (Lipinski definition) is 5. The quantitative estimate of drug-likeness (QED) is 0.538. The first-order valence-electron chi connectivity index (χ1n) is 8.02. The van der Waals surface area contributed by atoms with E-state index in [1.807, 2.05) is 61.0 Å². The van der Waals surface area contributed by atoms with Crippen LogP contribution in [0.5, 0.6) is 11.5 Å². The normalized spacial score (nSPS) is 10.6. The fraction of sp³-hybridized carbons (Fsp3) is 0.190. The zero-order chi connectivity index (χ0) is 18.8. The van der Waals surface area contributed by atoms with E-state index in [1.54, 1.807) is 48.9 Å². The summed E-state index contributed by atoms with van der Waals surface area (Å²) < 4.78 is 12.3. The summed E-state index contributed by atoms with van der Waals surface area (Å²) in [6.07, 6.45) is 8.89. The van der Waals surface area contributed by atoms with Gasteiger partial charge in [-0.1, -0.05) is 42.5 Å². The molecule has 0 heterocycles. The van der Waals surface area contributed by atoms with Gasteiger partial charge in [0.15, 0.2) is 17.3 Å². The predicted octanol–water partition coefficient (Wildman–Crippen LogP) is 5.42. The molecule has 0 N–H and O–H groups in total. The third kappa shape index (κ3) is 6.32. The Kier molecular flexibility index (Phi) is 8.38. The first-order chi connectivity index (χ1) is 12.7.